The first-order valence-electron chi connectivity index (χ1n) is 12.9. The minimum Gasteiger partial charge on any atom is -0.385 e. The number of nitriles is 1. The minimum absolute atomic E-state index is 0.0502. The number of nitrogens with zero attached hydrogens (tertiary/aromatic N) is 3. The molecule has 5 atom stereocenters. The van der Waals surface area contributed by atoms with Gasteiger partial charge in [-0.3, -0.25) is 14.4 Å². The second-order valence-corrected chi connectivity index (χ2v) is 10.3. The molecule has 0 radical (unpaired) electrons. The molecule has 39 heavy (non-hydrogen) atoms. The van der Waals surface area contributed by atoms with Crippen molar-refractivity contribution in [2.45, 2.75) is 44.7 Å². The van der Waals surface area contributed by atoms with E-state index in [1.165, 1.54) is 0 Å². The highest BCUT2D eigenvalue weighted by Crippen LogP contribution is 2.51. The molecule has 0 bridgehead atoms. The zero-order valence-electron chi connectivity index (χ0n) is 22.3. The molecule has 1 fully saturated rings. The summed E-state index contributed by atoms with van der Waals surface area (Å²) in [6.07, 6.45) is 1.14. The van der Waals surface area contributed by atoms with Gasteiger partial charge in [0.05, 0.1) is 18.0 Å². The van der Waals surface area contributed by atoms with Crippen LogP contribution in [0.3, 0.4) is 0 Å². The number of nitrogens with one attached hydrogen (secondary N) is 2. The van der Waals surface area contributed by atoms with Gasteiger partial charge in [-0.2, -0.15) is 10.4 Å². The molecular weight excluding hydrogens is 496 g/mol. The van der Waals surface area contributed by atoms with E-state index < -0.39 is 17.4 Å². The Kier molecular flexibility index (Phi) is 7.72. The van der Waals surface area contributed by atoms with Crippen LogP contribution in [0, 0.1) is 23.2 Å². The average Bonchev–Trinajstić information content (AvgIpc) is 3.40. The minimum atomic E-state index is -0.968. The van der Waals surface area contributed by atoms with Crippen LogP contribution in [0.25, 0.3) is 11.1 Å². The number of hydrazone groups is 1. The largest absolute Gasteiger partial charge is 0.385 e. The molecule has 0 spiro atoms. The Hall–Kier alpha value is -4.27. The van der Waals surface area contributed by atoms with Crippen molar-refractivity contribution in [2.24, 2.45) is 34.2 Å². The average molecular weight is 531 g/mol. The van der Waals surface area contributed by atoms with Gasteiger partial charge in [-0.15, -0.1) is 0 Å². The molecule has 4 unspecified atom stereocenters. The molecule has 11 heteroatoms. The van der Waals surface area contributed by atoms with Gasteiger partial charge in [-0.05, 0) is 72.2 Å². The lowest BCUT2D eigenvalue weighted by Gasteiger charge is -2.32. The first-order chi connectivity index (χ1) is 18.6. The lowest BCUT2D eigenvalue weighted by molar-refractivity contribution is -0.132. The van der Waals surface area contributed by atoms with Gasteiger partial charge in [-0.1, -0.05) is 32.0 Å². The normalized spacial score (nSPS) is 23.7. The van der Waals surface area contributed by atoms with Crippen molar-refractivity contribution in [3.05, 3.63) is 58.7 Å². The lowest BCUT2D eigenvalue weighted by Crippen LogP contribution is -2.47. The molecule has 0 aromatic heterocycles. The third-order valence-corrected chi connectivity index (χ3v) is 8.25. The molecule has 2 aliphatic rings. The fourth-order valence-electron chi connectivity index (χ4n) is 5.91. The first kappa shape index (κ1) is 27.8. The molecule has 0 aliphatic heterocycles. The van der Waals surface area contributed by atoms with E-state index in [1.54, 1.807) is 42.2 Å². The topological polar surface area (TPSA) is 193 Å². The Morgan fingerprint density at radius 3 is 2.36 bits per heavy atom. The standard InChI is InChI=1S/C28H34N8O3/c1-15(12-29)36(25-16(2)17(25)3)24(38)13-33-9-8-28(27(31)34-35-32)22-6-4-18(14-37)10-20(22)21-11-19(26(30)39)5-7-23(21)28/h4-7,10-11,14-17,25,33,35H,8-9,13,32H2,1-3H3,(H2,30,39)(H2,31,34)/t15?,16-,17?,25?,28?/m0/s1. The number of amidine groups is 1. The highest BCUT2D eigenvalue weighted by molar-refractivity contribution is 6.05. The lowest BCUT2D eigenvalue weighted by atomic mass is 9.74. The van der Waals surface area contributed by atoms with Gasteiger partial charge in [-0.25, -0.2) is 11.4 Å². The van der Waals surface area contributed by atoms with E-state index in [1.807, 2.05) is 6.07 Å². The fourth-order valence-corrected chi connectivity index (χ4v) is 5.91. The molecule has 2 aromatic rings. The number of carbonyl (C=O) groups is 3. The number of aldehydes is 1. The molecule has 11 nitrogen and oxygen atoms in total. The van der Waals surface area contributed by atoms with Crippen LogP contribution in [0.1, 0.15) is 59.0 Å². The van der Waals surface area contributed by atoms with Crippen LogP contribution in [0.2, 0.25) is 0 Å². The summed E-state index contributed by atoms with van der Waals surface area (Å²) in [5.41, 5.74) is 17.2. The van der Waals surface area contributed by atoms with E-state index in [0.717, 1.165) is 23.0 Å². The van der Waals surface area contributed by atoms with E-state index >= 15 is 0 Å². The molecule has 2 aromatic carbocycles. The number of fused-ring (bicyclic) bond motifs is 3. The summed E-state index contributed by atoms with van der Waals surface area (Å²) in [5.74, 6) is 5.67. The number of benzene rings is 2. The van der Waals surface area contributed by atoms with Gasteiger partial charge in [0, 0.05) is 17.2 Å². The second kappa shape index (κ2) is 10.8. The Morgan fingerprint density at radius 2 is 1.79 bits per heavy atom. The zero-order valence-corrected chi connectivity index (χ0v) is 22.3. The third-order valence-electron chi connectivity index (χ3n) is 8.25. The van der Waals surface area contributed by atoms with E-state index in [-0.39, 0.29) is 24.3 Å². The van der Waals surface area contributed by atoms with Gasteiger partial charge >= 0.3 is 0 Å². The SMILES string of the molecule is CC1C(N(C(=O)CNCCC2(/C(N)=N/NN)c3ccc(C=O)cc3-c3cc(C(N)=O)ccc32)C(C)C#N)[C@H]1C. The second-order valence-electron chi connectivity index (χ2n) is 10.3. The summed E-state index contributed by atoms with van der Waals surface area (Å²) in [7, 11) is 0. The Morgan fingerprint density at radius 1 is 1.15 bits per heavy atom. The smallest absolute Gasteiger partial charge is 0.248 e. The van der Waals surface area contributed by atoms with Gasteiger partial charge in [0.25, 0.3) is 0 Å². The Labute approximate surface area is 227 Å². The number of carbonyl (C=O) groups excluding carboxylic acids is 3. The molecule has 2 aliphatic carbocycles. The van der Waals surface area contributed by atoms with Gasteiger partial charge < -0.3 is 21.7 Å². The highest BCUT2D eigenvalue weighted by atomic mass is 16.2. The van der Waals surface area contributed by atoms with Crippen LogP contribution in [-0.2, 0) is 10.2 Å². The van der Waals surface area contributed by atoms with Crippen LogP contribution >= 0.6 is 0 Å². The number of amides is 2. The van der Waals surface area contributed by atoms with Crippen molar-refractivity contribution >= 4 is 23.9 Å². The number of rotatable bonds is 11. The highest BCUT2D eigenvalue weighted by Gasteiger charge is 2.50. The maximum absolute atomic E-state index is 13.2. The summed E-state index contributed by atoms with van der Waals surface area (Å²) in [6, 6.07) is 12.1. The third kappa shape index (κ3) is 4.73. The molecule has 4 rings (SSSR count). The first-order valence-corrected chi connectivity index (χ1v) is 12.9. The van der Waals surface area contributed by atoms with Crippen LogP contribution < -0.4 is 28.2 Å². The Bertz CT molecular complexity index is 1380. The number of nitrogens with two attached hydrogens (primary N) is 3. The van der Waals surface area contributed by atoms with Crippen molar-refractivity contribution in [2.75, 3.05) is 13.1 Å². The van der Waals surface area contributed by atoms with Crippen molar-refractivity contribution < 1.29 is 14.4 Å². The molecule has 8 N–H and O–H groups in total. The maximum Gasteiger partial charge on any atom is 0.248 e. The Balaban J connectivity index is 1.66. The zero-order chi connectivity index (χ0) is 28.5. The molecular formula is C28H34N8O3. The molecule has 1 saturated carbocycles. The quantitative estimate of drug-likeness (QED) is 0.0708. The predicted octanol–water partition coefficient (Wildman–Crippen LogP) is 0.975. The van der Waals surface area contributed by atoms with Crippen molar-refractivity contribution in [3.63, 3.8) is 0 Å². The molecule has 0 saturated heterocycles. The van der Waals surface area contributed by atoms with Crippen LogP contribution in [0.4, 0.5) is 0 Å². The fraction of sp³-hybridized carbons (Fsp3) is 0.393. The van der Waals surface area contributed by atoms with Crippen LogP contribution in [0.5, 0.6) is 0 Å². The van der Waals surface area contributed by atoms with Crippen LogP contribution in [0.15, 0.2) is 41.5 Å². The summed E-state index contributed by atoms with van der Waals surface area (Å²) in [4.78, 5) is 38.4. The van der Waals surface area contributed by atoms with Crippen molar-refractivity contribution in [1.82, 2.24) is 15.8 Å². The van der Waals surface area contributed by atoms with Gasteiger partial charge in [0.1, 0.15) is 18.2 Å². The predicted molar refractivity (Wildman–Crippen MR) is 147 cm³/mol. The monoisotopic (exact) mass is 530 g/mol. The summed E-state index contributed by atoms with van der Waals surface area (Å²) >= 11 is 0. The van der Waals surface area contributed by atoms with Crippen LogP contribution in [-0.4, -0.2) is 54.0 Å². The van der Waals surface area contributed by atoms with E-state index in [2.05, 4.69) is 35.9 Å². The van der Waals surface area contributed by atoms with Crippen molar-refractivity contribution in [3.8, 4) is 17.2 Å². The summed E-state index contributed by atoms with van der Waals surface area (Å²) < 4.78 is 0. The van der Waals surface area contributed by atoms with Gasteiger partial charge in [0.2, 0.25) is 11.8 Å². The number of hydrazine groups is 1. The number of hydrogen-bond donors (Lipinski definition) is 5. The molecule has 204 valence electrons. The number of hydrogen-bond acceptors (Lipinski definition) is 8. The van der Waals surface area contributed by atoms with Gasteiger partial charge in [0.15, 0.2) is 0 Å². The summed E-state index contributed by atoms with van der Waals surface area (Å²) in [5, 5.41) is 16.8. The summed E-state index contributed by atoms with van der Waals surface area (Å²) in [6.45, 7) is 6.32. The van der Waals surface area contributed by atoms with E-state index in [0.29, 0.717) is 41.5 Å². The molecule has 2 amide bonds. The maximum atomic E-state index is 13.2. The van der Waals surface area contributed by atoms with E-state index in [9.17, 15) is 19.6 Å². The number of primary amides is 1. The van der Waals surface area contributed by atoms with E-state index in [4.69, 9.17) is 17.3 Å². The van der Waals surface area contributed by atoms with Crippen molar-refractivity contribution in [1.29, 1.82) is 5.26 Å². The molecule has 0 heterocycles.